The molecule has 1 saturated heterocycles. The maximum absolute atomic E-state index is 13.5. The number of nitrogens with one attached hydrogen (secondary N) is 3. The topological polar surface area (TPSA) is 85.9 Å². The fourth-order valence-corrected chi connectivity index (χ4v) is 5.29. The number of aromatic nitrogens is 3. The third kappa shape index (κ3) is 4.42. The quantitative estimate of drug-likeness (QED) is 0.548. The fourth-order valence-electron chi connectivity index (χ4n) is 5.29. The Hall–Kier alpha value is -3.09. The first-order valence-corrected chi connectivity index (χ1v) is 11.8. The molecule has 0 bridgehead atoms. The summed E-state index contributed by atoms with van der Waals surface area (Å²) < 4.78 is 0. The van der Waals surface area contributed by atoms with E-state index in [2.05, 4.69) is 55.6 Å². The molecule has 7 nitrogen and oxygen atoms in total. The van der Waals surface area contributed by atoms with Crippen molar-refractivity contribution in [3.63, 3.8) is 0 Å². The maximum atomic E-state index is 13.5. The first kappa shape index (κ1) is 20.8. The highest BCUT2D eigenvalue weighted by atomic mass is 16.2. The van der Waals surface area contributed by atoms with Crippen LogP contribution in [0.25, 0.3) is 11.0 Å². The van der Waals surface area contributed by atoms with Crippen molar-refractivity contribution in [1.29, 1.82) is 0 Å². The molecular formula is C25H32N6O. The monoisotopic (exact) mass is 432 g/mol. The van der Waals surface area contributed by atoms with Crippen molar-refractivity contribution in [2.24, 2.45) is 5.92 Å². The molecular weight excluding hydrogens is 400 g/mol. The summed E-state index contributed by atoms with van der Waals surface area (Å²) in [4.78, 5) is 27.8. The molecule has 0 radical (unpaired) electrons. The Kier molecular flexibility index (Phi) is 5.97. The molecule has 3 heterocycles. The molecule has 168 valence electrons. The van der Waals surface area contributed by atoms with Gasteiger partial charge in [0.05, 0.1) is 5.39 Å². The largest absolute Gasteiger partial charge is 0.373 e. The van der Waals surface area contributed by atoms with Gasteiger partial charge >= 0.3 is 0 Å². The lowest BCUT2D eigenvalue weighted by atomic mass is 9.95. The summed E-state index contributed by atoms with van der Waals surface area (Å²) in [5, 5.41) is 7.97. The zero-order valence-corrected chi connectivity index (χ0v) is 18.7. The highest BCUT2D eigenvalue weighted by molar-refractivity contribution is 5.88. The van der Waals surface area contributed by atoms with Gasteiger partial charge in [-0.05, 0) is 62.3 Å². The molecule has 7 heteroatoms. The molecule has 1 amide bonds. The van der Waals surface area contributed by atoms with E-state index in [4.69, 9.17) is 0 Å². The number of anilines is 2. The number of aryl methyl sites for hydroxylation is 1. The minimum Gasteiger partial charge on any atom is -0.373 e. The Morgan fingerprint density at radius 1 is 1.16 bits per heavy atom. The number of nitrogens with zero attached hydrogens (tertiary/aromatic N) is 3. The van der Waals surface area contributed by atoms with Crippen molar-refractivity contribution in [2.75, 3.05) is 23.3 Å². The highest BCUT2D eigenvalue weighted by Crippen LogP contribution is 2.30. The Labute approximate surface area is 189 Å². The van der Waals surface area contributed by atoms with E-state index in [1.54, 1.807) is 6.33 Å². The predicted molar refractivity (Wildman–Crippen MR) is 128 cm³/mol. The highest BCUT2D eigenvalue weighted by Gasteiger charge is 2.33. The number of rotatable bonds is 6. The van der Waals surface area contributed by atoms with Gasteiger partial charge in [0.1, 0.15) is 23.8 Å². The van der Waals surface area contributed by atoms with Crippen LogP contribution in [0.15, 0.2) is 42.9 Å². The number of hydrogen-bond donors (Lipinski definition) is 3. The van der Waals surface area contributed by atoms with E-state index in [9.17, 15) is 4.79 Å². The lowest BCUT2D eigenvalue weighted by Crippen LogP contribution is -2.53. The molecule has 1 saturated carbocycles. The van der Waals surface area contributed by atoms with Gasteiger partial charge in [0.15, 0.2) is 0 Å². The summed E-state index contributed by atoms with van der Waals surface area (Å²) in [6.07, 6.45) is 10.2. The molecule has 2 unspecified atom stereocenters. The predicted octanol–water partition coefficient (Wildman–Crippen LogP) is 4.02. The molecule has 32 heavy (non-hydrogen) atoms. The molecule has 1 aromatic carbocycles. The molecule has 1 aliphatic heterocycles. The Balaban J connectivity index is 1.29. The van der Waals surface area contributed by atoms with Crippen LogP contribution in [-0.4, -0.2) is 46.0 Å². The second-order valence-corrected chi connectivity index (χ2v) is 9.27. The van der Waals surface area contributed by atoms with Crippen LogP contribution in [0.5, 0.6) is 0 Å². The zero-order chi connectivity index (χ0) is 21.9. The van der Waals surface area contributed by atoms with E-state index in [0.29, 0.717) is 5.92 Å². The van der Waals surface area contributed by atoms with Gasteiger partial charge < -0.3 is 20.5 Å². The van der Waals surface area contributed by atoms with Crippen LogP contribution in [-0.2, 0) is 4.79 Å². The number of H-pyrrole nitrogens is 1. The van der Waals surface area contributed by atoms with Crippen LogP contribution in [0.1, 0.15) is 44.1 Å². The van der Waals surface area contributed by atoms with Crippen LogP contribution in [0, 0.1) is 12.8 Å². The van der Waals surface area contributed by atoms with Gasteiger partial charge in [0, 0.05) is 31.0 Å². The smallest absolute Gasteiger partial charge is 0.243 e. The first-order valence-electron chi connectivity index (χ1n) is 11.8. The van der Waals surface area contributed by atoms with Gasteiger partial charge in [-0.15, -0.1) is 0 Å². The van der Waals surface area contributed by atoms with Crippen molar-refractivity contribution in [3.8, 4) is 0 Å². The molecule has 5 rings (SSSR count). The summed E-state index contributed by atoms with van der Waals surface area (Å²) >= 11 is 0. The van der Waals surface area contributed by atoms with E-state index >= 15 is 0 Å². The van der Waals surface area contributed by atoms with E-state index in [1.165, 1.54) is 18.4 Å². The molecule has 1 aliphatic carbocycles. The van der Waals surface area contributed by atoms with Gasteiger partial charge in [-0.1, -0.05) is 25.0 Å². The van der Waals surface area contributed by atoms with Crippen molar-refractivity contribution in [2.45, 2.75) is 57.5 Å². The molecule has 3 N–H and O–H groups in total. The SMILES string of the molecule is Cc1cccc(NC(C(=O)NC2CCCN(c3ncnc4[nH]ccc34)C2)C2CCCC2)c1. The minimum absolute atomic E-state index is 0.114. The summed E-state index contributed by atoms with van der Waals surface area (Å²) in [5.41, 5.74) is 3.08. The lowest BCUT2D eigenvalue weighted by molar-refractivity contribution is -0.123. The van der Waals surface area contributed by atoms with Gasteiger partial charge in [0.2, 0.25) is 5.91 Å². The van der Waals surface area contributed by atoms with Gasteiger partial charge in [0.25, 0.3) is 0 Å². The van der Waals surface area contributed by atoms with Crippen LogP contribution in [0.3, 0.4) is 0 Å². The van der Waals surface area contributed by atoms with Crippen LogP contribution >= 0.6 is 0 Å². The van der Waals surface area contributed by atoms with E-state index in [-0.39, 0.29) is 18.0 Å². The number of benzene rings is 1. The maximum Gasteiger partial charge on any atom is 0.243 e. The number of carbonyl (C=O) groups excluding carboxylic acids is 1. The molecule has 2 aromatic heterocycles. The van der Waals surface area contributed by atoms with Gasteiger partial charge in [-0.25, -0.2) is 9.97 Å². The number of fused-ring (bicyclic) bond motifs is 1. The standard InChI is InChI=1S/C25H32N6O/c1-17-6-4-9-19(14-17)29-22(18-7-2-3-8-18)25(32)30-20-10-5-13-31(15-20)24-21-11-12-26-23(21)27-16-28-24/h4,6,9,11-12,14,16,18,20,22,29H,2-3,5,7-8,10,13,15H2,1H3,(H,30,32)(H,26,27,28). The van der Waals surface area contributed by atoms with Gasteiger partial charge in [-0.3, -0.25) is 4.79 Å². The molecule has 0 spiro atoms. The van der Waals surface area contributed by atoms with Crippen LogP contribution < -0.4 is 15.5 Å². The molecule has 2 aliphatic rings. The van der Waals surface area contributed by atoms with Crippen molar-refractivity contribution < 1.29 is 4.79 Å². The zero-order valence-electron chi connectivity index (χ0n) is 18.7. The van der Waals surface area contributed by atoms with Crippen LogP contribution in [0.2, 0.25) is 0 Å². The third-order valence-corrected chi connectivity index (χ3v) is 6.89. The summed E-state index contributed by atoms with van der Waals surface area (Å²) in [6, 6.07) is 10.3. The number of piperidine rings is 1. The Morgan fingerprint density at radius 2 is 2.03 bits per heavy atom. The first-order chi connectivity index (χ1) is 15.7. The number of carbonyl (C=O) groups is 1. The lowest BCUT2D eigenvalue weighted by Gasteiger charge is -2.35. The summed E-state index contributed by atoms with van der Waals surface area (Å²) in [6.45, 7) is 3.79. The number of hydrogen-bond acceptors (Lipinski definition) is 5. The Bertz CT molecular complexity index is 1070. The molecule has 3 aromatic rings. The molecule has 2 atom stereocenters. The number of aromatic amines is 1. The van der Waals surface area contributed by atoms with Crippen molar-refractivity contribution in [3.05, 3.63) is 48.4 Å². The average Bonchev–Trinajstić information content (AvgIpc) is 3.49. The van der Waals surface area contributed by atoms with E-state index in [1.807, 2.05) is 18.3 Å². The average molecular weight is 433 g/mol. The fraction of sp³-hybridized carbons (Fsp3) is 0.480. The third-order valence-electron chi connectivity index (χ3n) is 6.89. The van der Waals surface area contributed by atoms with E-state index in [0.717, 1.165) is 61.3 Å². The molecule has 2 fully saturated rings. The second-order valence-electron chi connectivity index (χ2n) is 9.27. The minimum atomic E-state index is -0.190. The van der Waals surface area contributed by atoms with Gasteiger partial charge in [-0.2, -0.15) is 0 Å². The summed E-state index contributed by atoms with van der Waals surface area (Å²) in [7, 11) is 0. The second kappa shape index (κ2) is 9.18. The van der Waals surface area contributed by atoms with E-state index < -0.39 is 0 Å². The van der Waals surface area contributed by atoms with Crippen LogP contribution in [0.4, 0.5) is 11.5 Å². The number of amides is 1. The summed E-state index contributed by atoms with van der Waals surface area (Å²) in [5.74, 6) is 1.46. The van der Waals surface area contributed by atoms with Crippen molar-refractivity contribution >= 4 is 28.4 Å². The Morgan fingerprint density at radius 3 is 2.88 bits per heavy atom. The van der Waals surface area contributed by atoms with Crippen molar-refractivity contribution in [1.82, 2.24) is 20.3 Å². The normalized spacial score (nSPS) is 20.4.